The lowest BCUT2D eigenvalue weighted by atomic mass is 9.93. The lowest BCUT2D eigenvalue weighted by Crippen LogP contribution is -2.40. The summed E-state index contributed by atoms with van der Waals surface area (Å²) in [5.41, 5.74) is 4.42. The molecule has 7 nitrogen and oxygen atoms in total. The van der Waals surface area contributed by atoms with E-state index in [0.717, 1.165) is 28.6 Å². The van der Waals surface area contributed by atoms with Gasteiger partial charge in [-0.2, -0.15) is 0 Å². The van der Waals surface area contributed by atoms with Gasteiger partial charge in [-0.15, -0.1) is 0 Å². The van der Waals surface area contributed by atoms with Crippen LogP contribution in [-0.4, -0.2) is 28.8 Å². The van der Waals surface area contributed by atoms with E-state index in [1.165, 1.54) is 11.3 Å². The number of halogens is 1. The Morgan fingerprint density at radius 1 is 1.21 bits per heavy atom. The molecule has 4 aromatic rings. The number of fused-ring (bicyclic) bond motifs is 2. The van der Waals surface area contributed by atoms with Gasteiger partial charge in [-0.25, -0.2) is 9.79 Å². The first kappa shape index (κ1) is 27.0. The first-order valence-corrected chi connectivity index (χ1v) is 14.1. The SMILES string of the molecule is CCCC1=C(C(=O)OCC)[C@H](c2cc(Cl)ccc2OC)n2c(s/c(=C/c3c(C)n(C)c4ccccc34)c2=O)=N1. The number of esters is 1. The zero-order chi connectivity index (χ0) is 27.8. The maximum Gasteiger partial charge on any atom is 0.338 e. The molecule has 0 saturated heterocycles. The summed E-state index contributed by atoms with van der Waals surface area (Å²) in [4.78, 5) is 33.0. The topological polar surface area (TPSA) is 74.8 Å². The highest BCUT2D eigenvalue weighted by Crippen LogP contribution is 2.38. The van der Waals surface area contributed by atoms with Crippen molar-refractivity contribution in [1.29, 1.82) is 0 Å². The Kier molecular flexibility index (Phi) is 7.51. The van der Waals surface area contributed by atoms with Crippen LogP contribution in [0.3, 0.4) is 0 Å². The fourth-order valence-corrected chi connectivity index (χ4v) is 6.38. The summed E-state index contributed by atoms with van der Waals surface area (Å²) < 4.78 is 15.4. The minimum Gasteiger partial charge on any atom is -0.496 e. The molecule has 1 atom stereocenters. The molecule has 0 radical (unpaired) electrons. The molecule has 0 spiro atoms. The average Bonchev–Trinajstić information content (AvgIpc) is 3.36. The third-order valence-electron chi connectivity index (χ3n) is 7.10. The van der Waals surface area contributed by atoms with Crippen LogP contribution >= 0.6 is 22.9 Å². The maximum atomic E-state index is 14.2. The summed E-state index contributed by atoms with van der Waals surface area (Å²) in [5, 5.41) is 1.53. The highest BCUT2D eigenvalue weighted by atomic mass is 35.5. The fourth-order valence-electron chi connectivity index (χ4n) is 5.20. The van der Waals surface area contributed by atoms with E-state index < -0.39 is 12.0 Å². The molecule has 0 saturated carbocycles. The van der Waals surface area contributed by atoms with Crippen molar-refractivity contribution in [3.63, 3.8) is 0 Å². The van der Waals surface area contributed by atoms with Crippen molar-refractivity contribution in [2.75, 3.05) is 13.7 Å². The first-order valence-electron chi connectivity index (χ1n) is 12.9. The second-order valence-corrected chi connectivity index (χ2v) is 10.8. The molecule has 1 aliphatic heterocycles. The zero-order valence-corrected chi connectivity index (χ0v) is 24.2. The van der Waals surface area contributed by atoms with Gasteiger partial charge in [0, 0.05) is 39.8 Å². The van der Waals surface area contributed by atoms with Crippen LogP contribution < -0.4 is 19.6 Å². The van der Waals surface area contributed by atoms with E-state index in [9.17, 15) is 9.59 Å². The highest BCUT2D eigenvalue weighted by molar-refractivity contribution is 7.07. The van der Waals surface area contributed by atoms with Gasteiger partial charge in [0.2, 0.25) is 0 Å². The van der Waals surface area contributed by atoms with Crippen molar-refractivity contribution in [2.45, 2.75) is 39.7 Å². The molecule has 2 aromatic carbocycles. The van der Waals surface area contributed by atoms with Crippen molar-refractivity contribution < 1.29 is 14.3 Å². The summed E-state index contributed by atoms with van der Waals surface area (Å²) in [7, 11) is 3.57. The third kappa shape index (κ3) is 4.61. The van der Waals surface area contributed by atoms with E-state index in [-0.39, 0.29) is 12.2 Å². The van der Waals surface area contributed by atoms with Gasteiger partial charge in [0.05, 0.1) is 29.5 Å². The van der Waals surface area contributed by atoms with E-state index in [1.54, 1.807) is 36.8 Å². The van der Waals surface area contributed by atoms with Crippen molar-refractivity contribution >= 4 is 45.9 Å². The standard InChI is InChI=1S/C30H30ClN3O4S/c1-6-10-22-26(29(36)38-7-2)27(21-15-18(31)13-14-24(21)37-5)34-28(35)25(39-30(34)32-22)16-20-17(3)33(4)23-12-9-8-11-19(20)23/h8-9,11-16,27H,6-7,10H2,1-5H3/b25-16+/t27-/m0/s1. The molecule has 0 fully saturated rings. The predicted molar refractivity (Wildman–Crippen MR) is 155 cm³/mol. The molecule has 9 heteroatoms. The normalized spacial score (nSPS) is 15.4. The molecule has 39 heavy (non-hydrogen) atoms. The van der Waals surface area contributed by atoms with Gasteiger partial charge in [-0.3, -0.25) is 9.36 Å². The predicted octanol–water partition coefficient (Wildman–Crippen LogP) is 5.04. The lowest BCUT2D eigenvalue weighted by molar-refractivity contribution is -0.139. The minimum atomic E-state index is -0.800. The number of methoxy groups -OCH3 is 1. The number of hydrogen-bond acceptors (Lipinski definition) is 6. The average molecular weight is 564 g/mol. The number of para-hydroxylation sites is 1. The number of ether oxygens (including phenoxy) is 2. The molecular formula is C30H30ClN3O4S. The second kappa shape index (κ2) is 10.9. The molecule has 0 N–H and O–H groups in total. The number of thiazole rings is 1. The van der Waals surface area contributed by atoms with Gasteiger partial charge in [-0.1, -0.05) is 54.5 Å². The van der Waals surface area contributed by atoms with Crippen molar-refractivity contribution in [3.05, 3.63) is 95.3 Å². The number of benzene rings is 2. The quantitative estimate of drug-likeness (QED) is 0.295. The van der Waals surface area contributed by atoms with Crippen LogP contribution in [-0.2, 0) is 16.6 Å². The number of aryl methyl sites for hydroxylation is 1. The molecule has 5 rings (SSSR count). The largest absolute Gasteiger partial charge is 0.496 e. The molecule has 202 valence electrons. The van der Waals surface area contributed by atoms with Gasteiger partial charge in [-0.05, 0) is 50.6 Å². The van der Waals surface area contributed by atoms with E-state index in [4.69, 9.17) is 26.1 Å². The number of rotatable bonds is 7. The van der Waals surface area contributed by atoms with Gasteiger partial charge < -0.3 is 14.0 Å². The smallest absolute Gasteiger partial charge is 0.338 e. The molecule has 2 aromatic heterocycles. The second-order valence-electron chi connectivity index (χ2n) is 9.38. The Labute approximate surface area is 235 Å². The molecule has 0 unspecified atom stereocenters. The van der Waals surface area contributed by atoms with E-state index in [0.29, 0.717) is 43.4 Å². The van der Waals surface area contributed by atoms with Crippen molar-refractivity contribution in [3.8, 4) is 5.75 Å². The summed E-state index contributed by atoms with van der Waals surface area (Å²) in [6, 6.07) is 12.5. The van der Waals surface area contributed by atoms with Crippen molar-refractivity contribution in [1.82, 2.24) is 9.13 Å². The van der Waals surface area contributed by atoms with Gasteiger partial charge in [0.1, 0.15) is 11.8 Å². The summed E-state index contributed by atoms with van der Waals surface area (Å²) in [6.07, 6.45) is 3.26. The number of aromatic nitrogens is 2. The summed E-state index contributed by atoms with van der Waals surface area (Å²) >= 11 is 7.74. The van der Waals surface area contributed by atoms with Crippen LogP contribution in [0.5, 0.6) is 5.75 Å². The van der Waals surface area contributed by atoms with E-state index in [2.05, 4.69) is 16.7 Å². The monoisotopic (exact) mass is 563 g/mol. The van der Waals surface area contributed by atoms with E-state index >= 15 is 0 Å². The number of nitrogens with zero attached hydrogens (tertiary/aromatic N) is 3. The Morgan fingerprint density at radius 3 is 2.69 bits per heavy atom. The Bertz CT molecular complexity index is 1810. The van der Waals surface area contributed by atoms with Gasteiger partial charge in [0.25, 0.3) is 5.56 Å². The molecule has 0 aliphatic carbocycles. The van der Waals surface area contributed by atoms with Crippen molar-refractivity contribution in [2.24, 2.45) is 12.0 Å². The number of carbonyl (C=O) groups excluding carboxylic acids is 1. The number of hydrogen-bond donors (Lipinski definition) is 0. The molecule has 3 heterocycles. The highest BCUT2D eigenvalue weighted by Gasteiger charge is 2.36. The Morgan fingerprint density at radius 2 is 1.97 bits per heavy atom. The van der Waals surface area contributed by atoms with Crippen LogP contribution in [0, 0.1) is 6.92 Å². The van der Waals surface area contributed by atoms with Crippen LogP contribution in [0.1, 0.15) is 49.6 Å². The summed E-state index contributed by atoms with van der Waals surface area (Å²) in [6.45, 7) is 6.03. The minimum absolute atomic E-state index is 0.200. The van der Waals surface area contributed by atoms with Crippen LogP contribution in [0.25, 0.3) is 17.0 Å². The molecule has 1 aliphatic rings. The van der Waals surface area contributed by atoms with Crippen LogP contribution in [0.2, 0.25) is 5.02 Å². The summed E-state index contributed by atoms with van der Waals surface area (Å²) in [5.74, 6) is 0.0133. The molecule has 0 bridgehead atoms. The fraction of sp³-hybridized carbons (Fsp3) is 0.300. The Balaban J connectivity index is 1.84. The zero-order valence-electron chi connectivity index (χ0n) is 22.6. The van der Waals surface area contributed by atoms with Crippen LogP contribution in [0.4, 0.5) is 0 Å². The number of allylic oxidation sites excluding steroid dienone is 1. The molecule has 0 amide bonds. The van der Waals surface area contributed by atoms with E-state index in [1.807, 2.05) is 39.1 Å². The maximum absolute atomic E-state index is 14.2. The Hall–Kier alpha value is -3.62. The van der Waals surface area contributed by atoms with Crippen LogP contribution in [0.15, 0.2) is 63.5 Å². The molecular weight excluding hydrogens is 534 g/mol. The van der Waals surface area contributed by atoms with Gasteiger partial charge in [0.15, 0.2) is 4.80 Å². The first-order chi connectivity index (χ1) is 18.8. The lowest BCUT2D eigenvalue weighted by Gasteiger charge is -2.27. The number of carbonyl (C=O) groups is 1. The van der Waals surface area contributed by atoms with Gasteiger partial charge >= 0.3 is 5.97 Å². The third-order valence-corrected chi connectivity index (χ3v) is 8.32.